The van der Waals surface area contributed by atoms with Gasteiger partial charge in [0.15, 0.2) is 5.82 Å². The van der Waals surface area contributed by atoms with Gasteiger partial charge in [0.25, 0.3) is 0 Å². The summed E-state index contributed by atoms with van der Waals surface area (Å²) in [6.45, 7) is 0. The molecule has 0 bridgehead atoms. The number of methoxy groups -OCH3 is 1. The Hall–Kier alpha value is -1.76. The highest BCUT2D eigenvalue weighted by molar-refractivity contribution is 9.10. The molecule has 0 radical (unpaired) electrons. The predicted octanol–water partition coefficient (Wildman–Crippen LogP) is 1.42. The quantitative estimate of drug-likeness (QED) is 0.843. The SMILES string of the molecule is COC(=O)c1cc(-c2ncc(Br)cn2)n[nH]1. The molecule has 16 heavy (non-hydrogen) atoms. The van der Waals surface area contributed by atoms with E-state index in [0.717, 1.165) is 4.47 Å². The number of nitrogens with one attached hydrogen (secondary N) is 1. The van der Waals surface area contributed by atoms with Crippen LogP contribution in [-0.2, 0) is 4.74 Å². The van der Waals surface area contributed by atoms with Crippen molar-refractivity contribution >= 4 is 21.9 Å². The van der Waals surface area contributed by atoms with Gasteiger partial charge >= 0.3 is 5.97 Å². The summed E-state index contributed by atoms with van der Waals surface area (Å²) in [5.74, 6) is -0.0366. The number of carbonyl (C=O) groups excluding carboxylic acids is 1. The fourth-order valence-corrected chi connectivity index (χ4v) is 1.30. The molecule has 0 aliphatic carbocycles. The van der Waals surface area contributed by atoms with E-state index in [0.29, 0.717) is 11.5 Å². The fraction of sp³-hybridized carbons (Fsp3) is 0.111. The first-order chi connectivity index (χ1) is 7.70. The zero-order chi connectivity index (χ0) is 11.5. The van der Waals surface area contributed by atoms with Crippen molar-refractivity contribution in [3.63, 3.8) is 0 Å². The first-order valence-corrected chi connectivity index (χ1v) is 5.11. The first-order valence-electron chi connectivity index (χ1n) is 4.32. The number of ether oxygens (including phenoxy) is 1. The van der Waals surface area contributed by atoms with E-state index in [4.69, 9.17) is 0 Å². The summed E-state index contributed by atoms with van der Waals surface area (Å²) < 4.78 is 5.32. The maximum absolute atomic E-state index is 11.2. The number of nitrogens with zero attached hydrogens (tertiary/aromatic N) is 3. The summed E-state index contributed by atoms with van der Waals surface area (Å²) in [4.78, 5) is 19.3. The number of hydrogen-bond acceptors (Lipinski definition) is 5. The molecule has 0 amide bonds. The summed E-state index contributed by atoms with van der Waals surface area (Å²) in [7, 11) is 1.30. The molecule has 0 spiro atoms. The lowest BCUT2D eigenvalue weighted by Crippen LogP contribution is -2.00. The van der Waals surface area contributed by atoms with Crippen LogP contribution in [0, 0.1) is 0 Å². The Morgan fingerprint density at radius 3 is 2.75 bits per heavy atom. The van der Waals surface area contributed by atoms with Crippen molar-refractivity contribution < 1.29 is 9.53 Å². The molecule has 0 aliphatic heterocycles. The van der Waals surface area contributed by atoms with Crippen LogP contribution in [0.4, 0.5) is 0 Å². The lowest BCUT2D eigenvalue weighted by Gasteiger charge is -1.93. The molecule has 2 heterocycles. The summed E-state index contributed by atoms with van der Waals surface area (Å²) in [5.41, 5.74) is 0.761. The van der Waals surface area contributed by atoms with Crippen LogP contribution in [0.25, 0.3) is 11.5 Å². The summed E-state index contributed by atoms with van der Waals surface area (Å²) >= 11 is 3.23. The number of aromatic amines is 1. The minimum atomic E-state index is -0.476. The van der Waals surface area contributed by atoms with Crippen molar-refractivity contribution in [2.24, 2.45) is 0 Å². The van der Waals surface area contributed by atoms with Gasteiger partial charge in [0.05, 0.1) is 11.6 Å². The Bertz CT molecular complexity index is 508. The predicted molar refractivity (Wildman–Crippen MR) is 58.7 cm³/mol. The minimum absolute atomic E-state index is 0.268. The lowest BCUT2D eigenvalue weighted by molar-refractivity contribution is 0.0594. The molecule has 2 rings (SSSR count). The Morgan fingerprint density at radius 2 is 2.12 bits per heavy atom. The number of carbonyl (C=O) groups is 1. The van der Waals surface area contributed by atoms with Crippen molar-refractivity contribution in [2.45, 2.75) is 0 Å². The summed E-state index contributed by atoms with van der Waals surface area (Å²) in [5, 5.41) is 6.47. The number of H-pyrrole nitrogens is 1. The molecule has 0 aliphatic rings. The third-order valence-corrected chi connectivity index (χ3v) is 2.24. The third kappa shape index (κ3) is 2.08. The molecular formula is C9H7BrN4O2. The van der Waals surface area contributed by atoms with Gasteiger partial charge in [0.2, 0.25) is 0 Å². The van der Waals surface area contributed by atoms with E-state index in [1.807, 2.05) is 0 Å². The van der Waals surface area contributed by atoms with Crippen LogP contribution in [0.1, 0.15) is 10.5 Å². The maximum Gasteiger partial charge on any atom is 0.356 e. The second kappa shape index (κ2) is 4.40. The van der Waals surface area contributed by atoms with Gasteiger partial charge in [-0.1, -0.05) is 0 Å². The molecule has 0 fully saturated rings. The molecule has 0 aromatic carbocycles. The molecule has 0 saturated carbocycles. The zero-order valence-corrected chi connectivity index (χ0v) is 9.85. The minimum Gasteiger partial charge on any atom is -0.464 e. The Morgan fingerprint density at radius 1 is 1.44 bits per heavy atom. The highest BCUT2D eigenvalue weighted by Gasteiger charge is 2.12. The molecule has 0 unspecified atom stereocenters. The fourth-order valence-electron chi connectivity index (χ4n) is 1.10. The van der Waals surface area contributed by atoms with Crippen LogP contribution < -0.4 is 0 Å². The van der Waals surface area contributed by atoms with E-state index in [2.05, 4.69) is 40.8 Å². The lowest BCUT2D eigenvalue weighted by atomic mass is 10.3. The normalized spacial score (nSPS) is 10.1. The van der Waals surface area contributed by atoms with Crippen molar-refractivity contribution in [3.8, 4) is 11.5 Å². The summed E-state index contributed by atoms with van der Waals surface area (Å²) in [6, 6.07) is 1.54. The standard InChI is InChI=1S/C9H7BrN4O2/c1-16-9(15)7-2-6(13-14-7)8-11-3-5(10)4-12-8/h2-4H,1H3,(H,13,14). The number of rotatable bonds is 2. The highest BCUT2D eigenvalue weighted by Crippen LogP contribution is 2.14. The van der Waals surface area contributed by atoms with Gasteiger partial charge in [-0.05, 0) is 15.9 Å². The number of aromatic nitrogens is 4. The number of esters is 1. The molecule has 6 nitrogen and oxygen atoms in total. The second-order valence-electron chi connectivity index (χ2n) is 2.88. The van der Waals surface area contributed by atoms with Crippen LogP contribution in [0.3, 0.4) is 0 Å². The van der Waals surface area contributed by atoms with Crippen LogP contribution >= 0.6 is 15.9 Å². The molecule has 82 valence electrons. The first kappa shape index (κ1) is 10.7. The van der Waals surface area contributed by atoms with E-state index >= 15 is 0 Å². The van der Waals surface area contributed by atoms with Gasteiger partial charge < -0.3 is 4.74 Å². The molecule has 2 aromatic heterocycles. The van der Waals surface area contributed by atoms with Gasteiger partial charge in [-0.2, -0.15) is 5.10 Å². The van der Waals surface area contributed by atoms with E-state index < -0.39 is 5.97 Å². The zero-order valence-electron chi connectivity index (χ0n) is 8.27. The maximum atomic E-state index is 11.2. The number of hydrogen-bond donors (Lipinski definition) is 1. The van der Waals surface area contributed by atoms with Crippen molar-refractivity contribution in [1.82, 2.24) is 20.2 Å². The second-order valence-corrected chi connectivity index (χ2v) is 3.80. The van der Waals surface area contributed by atoms with E-state index in [9.17, 15) is 4.79 Å². The van der Waals surface area contributed by atoms with Gasteiger partial charge in [-0.3, -0.25) is 5.10 Å². The topological polar surface area (TPSA) is 80.8 Å². The Labute approximate surface area is 99.2 Å². The molecular weight excluding hydrogens is 276 g/mol. The van der Waals surface area contributed by atoms with Gasteiger partial charge in [-0.25, -0.2) is 14.8 Å². The molecule has 1 N–H and O–H groups in total. The monoisotopic (exact) mass is 282 g/mol. The molecule has 0 atom stereocenters. The largest absolute Gasteiger partial charge is 0.464 e. The average molecular weight is 283 g/mol. The van der Waals surface area contributed by atoms with Crippen LogP contribution in [0.15, 0.2) is 22.9 Å². The van der Waals surface area contributed by atoms with Gasteiger partial charge in [-0.15, -0.1) is 0 Å². The summed E-state index contributed by atoms with van der Waals surface area (Å²) in [6.07, 6.45) is 3.21. The van der Waals surface area contributed by atoms with Crippen LogP contribution in [-0.4, -0.2) is 33.2 Å². The van der Waals surface area contributed by atoms with Crippen molar-refractivity contribution in [1.29, 1.82) is 0 Å². The smallest absolute Gasteiger partial charge is 0.356 e. The van der Waals surface area contributed by atoms with Crippen LogP contribution in [0.2, 0.25) is 0 Å². The molecule has 2 aromatic rings. The van der Waals surface area contributed by atoms with Crippen molar-refractivity contribution in [3.05, 3.63) is 28.6 Å². The van der Waals surface area contributed by atoms with E-state index in [-0.39, 0.29) is 5.69 Å². The molecule has 7 heteroatoms. The van der Waals surface area contributed by atoms with E-state index in [1.54, 1.807) is 12.4 Å². The third-order valence-electron chi connectivity index (χ3n) is 1.83. The van der Waals surface area contributed by atoms with Crippen molar-refractivity contribution in [2.75, 3.05) is 7.11 Å². The number of halogens is 1. The van der Waals surface area contributed by atoms with Crippen LogP contribution in [0.5, 0.6) is 0 Å². The molecule has 0 saturated heterocycles. The van der Waals surface area contributed by atoms with E-state index in [1.165, 1.54) is 13.2 Å². The van der Waals surface area contributed by atoms with Gasteiger partial charge in [0, 0.05) is 18.5 Å². The average Bonchev–Trinajstić information content (AvgIpc) is 2.78. The Balaban J connectivity index is 2.31. The highest BCUT2D eigenvalue weighted by atomic mass is 79.9. The Kier molecular flexibility index (Phi) is 2.95. The van der Waals surface area contributed by atoms with Gasteiger partial charge in [0.1, 0.15) is 11.4 Å².